The van der Waals surface area contributed by atoms with Crippen molar-refractivity contribution in [2.24, 2.45) is 0 Å². The molecule has 18 heavy (non-hydrogen) atoms. The van der Waals surface area contributed by atoms with Crippen LogP contribution in [0.4, 0.5) is 4.79 Å². The molecule has 2 N–H and O–H groups in total. The number of benzene rings is 1. The van der Waals surface area contributed by atoms with Crippen molar-refractivity contribution >= 4 is 6.09 Å². The summed E-state index contributed by atoms with van der Waals surface area (Å²) in [6, 6.07) is 9.72. The van der Waals surface area contributed by atoms with Gasteiger partial charge in [-0.25, -0.2) is 4.79 Å². The number of carbonyl (C=O) groups is 1. The number of ether oxygens (including phenoxy) is 1. The van der Waals surface area contributed by atoms with Gasteiger partial charge in [-0.1, -0.05) is 30.3 Å². The average Bonchev–Trinajstić information content (AvgIpc) is 2.40. The molecule has 0 saturated heterocycles. The summed E-state index contributed by atoms with van der Waals surface area (Å²) in [7, 11) is 0. The predicted molar refractivity (Wildman–Crippen MR) is 68.0 cm³/mol. The van der Waals surface area contributed by atoms with Crippen molar-refractivity contribution in [2.45, 2.75) is 44.4 Å². The van der Waals surface area contributed by atoms with Crippen molar-refractivity contribution in [3.05, 3.63) is 35.9 Å². The van der Waals surface area contributed by atoms with Gasteiger partial charge in [0.2, 0.25) is 0 Å². The molecular weight excluding hydrogens is 230 g/mol. The minimum Gasteiger partial charge on any atom is -0.446 e. The molecule has 1 amide bonds. The molecule has 0 radical (unpaired) electrons. The van der Waals surface area contributed by atoms with Crippen LogP contribution in [0.5, 0.6) is 0 Å². The van der Waals surface area contributed by atoms with E-state index in [0.29, 0.717) is 6.54 Å². The highest BCUT2D eigenvalue weighted by molar-refractivity contribution is 5.67. The van der Waals surface area contributed by atoms with E-state index >= 15 is 0 Å². The lowest BCUT2D eigenvalue weighted by molar-refractivity contribution is 0.0340. The van der Waals surface area contributed by atoms with E-state index in [0.717, 1.165) is 31.2 Å². The highest BCUT2D eigenvalue weighted by Crippen LogP contribution is 2.20. The molecule has 98 valence electrons. The van der Waals surface area contributed by atoms with Crippen LogP contribution in [0, 0.1) is 0 Å². The van der Waals surface area contributed by atoms with E-state index in [1.54, 1.807) is 0 Å². The normalized spacial score (nSPS) is 23.4. The van der Waals surface area contributed by atoms with Gasteiger partial charge < -0.3 is 15.2 Å². The number of rotatable bonds is 3. The number of carbonyl (C=O) groups excluding carboxylic acids is 1. The Kier molecular flexibility index (Phi) is 4.59. The summed E-state index contributed by atoms with van der Waals surface area (Å²) < 4.78 is 5.30. The molecule has 1 aromatic carbocycles. The molecule has 0 atom stereocenters. The van der Waals surface area contributed by atoms with Crippen LogP contribution in [0.25, 0.3) is 0 Å². The Morgan fingerprint density at radius 2 is 1.89 bits per heavy atom. The van der Waals surface area contributed by atoms with Gasteiger partial charge in [0.15, 0.2) is 0 Å². The average molecular weight is 249 g/mol. The molecule has 4 heteroatoms. The van der Waals surface area contributed by atoms with Crippen LogP contribution in [0.3, 0.4) is 0 Å². The standard InChI is InChI=1S/C14H19NO3/c16-12-6-8-13(9-7-12)18-14(17)15-10-11-4-2-1-3-5-11/h1-5,12-13,16H,6-10H2,(H,15,17). The molecule has 0 heterocycles. The topological polar surface area (TPSA) is 58.6 Å². The fourth-order valence-electron chi connectivity index (χ4n) is 2.13. The van der Waals surface area contributed by atoms with Crippen molar-refractivity contribution < 1.29 is 14.6 Å². The third-order valence-corrected chi connectivity index (χ3v) is 3.20. The van der Waals surface area contributed by atoms with Gasteiger partial charge in [0, 0.05) is 6.54 Å². The number of alkyl carbamates (subject to hydrolysis) is 1. The molecule has 4 nitrogen and oxygen atoms in total. The second-order valence-electron chi connectivity index (χ2n) is 4.67. The first-order valence-electron chi connectivity index (χ1n) is 6.40. The molecule has 1 saturated carbocycles. The van der Waals surface area contributed by atoms with Crippen LogP contribution in [0.15, 0.2) is 30.3 Å². The molecule has 1 aliphatic carbocycles. The zero-order valence-corrected chi connectivity index (χ0v) is 10.3. The Morgan fingerprint density at radius 3 is 2.56 bits per heavy atom. The van der Waals surface area contributed by atoms with E-state index in [1.807, 2.05) is 30.3 Å². The van der Waals surface area contributed by atoms with Crippen LogP contribution >= 0.6 is 0 Å². The first kappa shape index (κ1) is 12.9. The van der Waals surface area contributed by atoms with E-state index in [4.69, 9.17) is 4.74 Å². The third kappa shape index (κ3) is 4.04. The van der Waals surface area contributed by atoms with Crippen molar-refractivity contribution in [1.29, 1.82) is 0 Å². The van der Waals surface area contributed by atoms with Crippen LogP contribution in [-0.2, 0) is 11.3 Å². The zero-order valence-electron chi connectivity index (χ0n) is 10.3. The third-order valence-electron chi connectivity index (χ3n) is 3.20. The van der Waals surface area contributed by atoms with Gasteiger partial charge in [0.25, 0.3) is 0 Å². The van der Waals surface area contributed by atoms with Gasteiger partial charge in [-0.2, -0.15) is 0 Å². The maximum absolute atomic E-state index is 11.6. The number of aliphatic hydroxyl groups is 1. The van der Waals surface area contributed by atoms with Crippen molar-refractivity contribution in [3.63, 3.8) is 0 Å². The lowest BCUT2D eigenvalue weighted by Gasteiger charge is -2.25. The number of nitrogens with one attached hydrogen (secondary N) is 1. The monoisotopic (exact) mass is 249 g/mol. The zero-order chi connectivity index (χ0) is 12.8. The first-order chi connectivity index (χ1) is 8.74. The smallest absolute Gasteiger partial charge is 0.407 e. The van der Waals surface area contributed by atoms with Crippen LogP contribution < -0.4 is 5.32 Å². The molecule has 1 fully saturated rings. The molecule has 0 aromatic heterocycles. The highest BCUT2D eigenvalue weighted by atomic mass is 16.6. The van der Waals surface area contributed by atoms with Crippen molar-refractivity contribution in [1.82, 2.24) is 5.32 Å². The summed E-state index contributed by atoms with van der Waals surface area (Å²) in [4.78, 5) is 11.6. The summed E-state index contributed by atoms with van der Waals surface area (Å²) in [6.45, 7) is 0.481. The summed E-state index contributed by atoms with van der Waals surface area (Å²) in [6.07, 6.45) is 2.29. The second kappa shape index (κ2) is 6.40. The largest absolute Gasteiger partial charge is 0.446 e. The van der Waals surface area contributed by atoms with Gasteiger partial charge in [-0.05, 0) is 31.2 Å². The van der Waals surface area contributed by atoms with E-state index in [-0.39, 0.29) is 18.3 Å². The Balaban J connectivity index is 1.69. The Hall–Kier alpha value is -1.55. The van der Waals surface area contributed by atoms with Crippen LogP contribution in [0.1, 0.15) is 31.2 Å². The number of hydrogen-bond acceptors (Lipinski definition) is 3. The second-order valence-corrected chi connectivity index (χ2v) is 4.67. The fourth-order valence-corrected chi connectivity index (χ4v) is 2.13. The molecule has 1 aliphatic rings. The minimum atomic E-state index is -0.375. The van der Waals surface area contributed by atoms with Crippen molar-refractivity contribution in [2.75, 3.05) is 0 Å². The lowest BCUT2D eigenvalue weighted by Crippen LogP contribution is -2.32. The van der Waals surface area contributed by atoms with Gasteiger partial charge in [0.05, 0.1) is 6.10 Å². The maximum Gasteiger partial charge on any atom is 0.407 e. The Morgan fingerprint density at radius 1 is 1.22 bits per heavy atom. The SMILES string of the molecule is O=C(NCc1ccccc1)OC1CCC(O)CC1. The quantitative estimate of drug-likeness (QED) is 0.863. The maximum atomic E-state index is 11.6. The fraction of sp³-hybridized carbons (Fsp3) is 0.500. The molecule has 0 unspecified atom stereocenters. The lowest BCUT2D eigenvalue weighted by atomic mass is 9.95. The Labute approximate surface area is 107 Å². The van der Waals surface area contributed by atoms with Gasteiger partial charge in [-0.15, -0.1) is 0 Å². The first-order valence-corrected chi connectivity index (χ1v) is 6.40. The van der Waals surface area contributed by atoms with Gasteiger partial charge >= 0.3 is 6.09 Å². The van der Waals surface area contributed by atoms with Crippen LogP contribution in [0.2, 0.25) is 0 Å². The van der Waals surface area contributed by atoms with Crippen LogP contribution in [-0.4, -0.2) is 23.4 Å². The van der Waals surface area contributed by atoms with Crippen molar-refractivity contribution in [3.8, 4) is 0 Å². The summed E-state index contributed by atoms with van der Waals surface area (Å²) in [5, 5.41) is 12.1. The number of amides is 1. The van der Waals surface area contributed by atoms with E-state index in [9.17, 15) is 9.90 Å². The van der Waals surface area contributed by atoms with E-state index < -0.39 is 0 Å². The van der Waals surface area contributed by atoms with E-state index in [2.05, 4.69) is 5.32 Å². The van der Waals surface area contributed by atoms with Gasteiger partial charge in [-0.3, -0.25) is 0 Å². The molecule has 1 aromatic rings. The number of aliphatic hydroxyl groups excluding tert-OH is 1. The molecule has 0 spiro atoms. The summed E-state index contributed by atoms with van der Waals surface area (Å²) in [5.41, 5.74) is 1.05. The summed E-state index contributed by atoms with van der Waals surface area (Å²) >= 11 is 0. The molecule has 0 aliphatic heterocycles. The van der Waals surface area contributed by atoms with Gasteiger partial charge in [0.1, 0.15) is 6.10 Å². The minimum absolute atomic E-state index is 0.0517. The van der Waals surface area contributed by atoms with E-state index in [1.165, 1.54) is 0 Å². The predicted octanol–water partition coefficient (Wildman–Crippen LogP) is 2.22. The molecule has 2 rings (SSSR count). The molecular formula is C14H19NO3. The highest BCUT2D eigenvalue weighted by Gasteiger charge is 2.22. The summed E-state index contributed by atoms with van der Waals surface area (Å²) in [5.74, 6) is 0. The number of hydrogen-bond donors (Lipinski definition) is 2. The Bertz CT molecular complexity index is 372. The molecule has 0 bridgehead atoms.